The molecule has 1 rings (SSSR count). The van der Waals surface area contributed by atoms with E-state index in [1.165, 1.54) is 0 Å². The summed E-state index contributed by atoms with van der Waals surface area (Å²) in [7, 11) is -2.97. The Hall–Kier alpha value is -0.660. The van der Waals surface area contributed by atoms with Gasteiger partial charge in [-0.25, -0.2) is 8.42 Å². The van der Waals surface area contributed by atoms with Crippen molar-refractivity contribution in [3.8, 4) is 0 Å². The molecule has 1 heterocycles. The van der Waals surface area contributed by atoms with Gasteiger partial charge in [-0.15, -0.1) is 0 Å². The second kappa shape index (κ2) is 4.91. The van der Waals surface area contributed by atoms with Gasteiger partial charge in [-0.2, -0.15) is 0 Å². The van der Waals surface area contributed by atoms with E-state index in [2.05, 4.69) is 0 Å². The Labute approximate surface area is 89.0 Å². The maximum atomic E-state index is 11.2. The molecule has 3 N–H and O–H groups in total. The van der Waals surface area contributed by atoms with Gasteiger partial charge in [0.05, 0.1) is 18.1 Å². The molecule has 88 valence electrons. The number of hydrogen-bond acceptors (Lipinski definition) is 5. The fraction of sp³-hybridized carbons (Fsp3) is 0.875. The van der Waals surface area contributed by atoms with Gasteiger partial charge in [-0.05, 0) is 6.42 Å². The van der Waals surface area contributed by atoms with Crippen LogP contribution in [-0.4, -0.2) is 61.6 Å². The average molecular weight is 236 g/mol. The van der Waals surface area contributed by atoms with E-state index in [1.54, 1.807) is 4.90 Å². The summed E-state index contributed by atoms with van der Waals surface area (Å²) in [4.78, 5) is 12.2. The van der Waals surface area contributed by atoms with Crippen molar-refractivity contribution in [3.05, 3.63) is 0 Å². The standard InChI is InChI=1S/C8H16N2O4S/c9-2-3-10(5-8(11)12)7-1-4-15(13,14)6-7/h7H,1-6,9H2,(H,11,12). The summed E-state index contributed by atoms with van der Waals surface area (Å²) in [5.41, 5.74) is 5.36. The molecule has 0 radical (unpaired) electrons. The molecule has 1 atom stereocenters. The molecule has 15 heavy (non-hydrogen) atoms. The number of hydrogen-bond donors (Lipinski definition) is 2. The van der Waals surface area contributed by atoms with Crippen LogP contribution in [0.3, 0.4) is 0 Å². The quantitative estimate of drug-likeness (QED) is 0.603. The SMILES string of the molecule is NCCN(CC(=O)O)C1CCS(=O)(=O)C1. The summed E-state index contributed by atoms with van der Waals surface area (Å²) >= 11 is 0. The number of nitrogens with zero attached hydrogens (tertiary/aromatic N) is 1. The van der Waals surface area contributed by atoms with E-state index in [0.717, 1.165) is 0 Å². The number of carboxylic acids is 1. The van der Waals surface area contributed by atoms with Crippen molar-refractivity contribution in [1.82, 2.24) is 4.90 Å². The van der Waals surface area contributed by atoms with Crippen LogP contribution >= 0.6 is 0 Å². The third-order valence-corrected chi connectivity index (χ3v) is 4.23. The molecule has 6 nitrogen and oxygen atoms in total. The zero-order valence-corrected chi connectivity index (χ0v) is 9.24. The normalized spacial score (nSPS) is 24.5. The Balaban J connectivity index is 2.61. The predicted octanol–water partition coefficient (Wildman–Crippen LogP) is -1.48. The first kappa shape index (κ1) is 12.4. The summed E-state index contributed by atoms with van der Waals surface area (Å²) in [6, 6.07) is -0.186. The highest BCUT2D eigenvalue weighted by Crippen LogP contribution is 2.17. The lowest BCUT2D eigenvalue weighted by Gasteiger charge is -2.25. The lowest BCUT2D eigenvalue weighted by atomic mass is 10.2. The minimum atomic E-state index is -2.97. The van der Waals surface area contributed by atoms with Crippen molar-refractivity contribution < 1.29 is 18.3 Å². The van der Waals surface area contributed by atoms with Gasteiger partial charge >= 0.3 is 5.97 Å². The number of sulfone groups is 1. The number of carbonyl (C=O) groups is 1. The minimum absolute atomic E-state index is 0.0558. The van der Waals surface area contributed by atoms with E-state index >= 15 is 0 Å². The first-order valence-corrected chi connectivity index (χ1v) is 6.63. The van der Waals surface area contributed by atoms with Crippen LogP contribution in [0, 0.1) is 0 Å². The molecule has 0 amide bonds. The highest BCUT2D eigenvalue weighted by molar-refractivity contribution is 7.91. The fourth-order valence-electron chi connectivity index (χ4n) is 1.79. The number of aliphatic carboxylic acids is 1. The van der Waals surface area contributed by atoms with Crippen molar-refractivity contribution in [3.63, 3.8) is 0 Å². The maximum absolute atomic E-state index is 11.2. The molecule has 7 heteroatoms. The Kier molecular flexibility index (Phi) is 4.06. The number of nitrogens with two attached hydrogens (primary N) is 1. The van der Waals surface area contributed by atoms with Crippen molar-refractivity contribution >= 4 is 15.8 Å². The van der Waals surface area contributed by atoms with Gasteiger partial charge in [0.15, 0.2) is 9.84 Å². The maximum Gasteiger partial charge on any atom is 0.317 e. The molecular weight excluding hydrogens is 220 g/mol. The zero-order chi connectivity index (χ0) is 11.5. The van der Waals surface area contributed by atoms with Gasteiger partial charge < -0.3 is 10.8 Å². The van der Waals surface area contributed by atoms with Crippen LogP contribution in [0.25, 0.3) is 0 Å². The van der Waals surface area contributed by atoms with Crippen molar-refractivity contribution in [2.45, 2.75) is 12.5 Å². The number of carboxylic acid groups (broad SMARTS) is 1. The lowest BCUT2D eigenvalue weighted by molar-refractivity contribution is -0.138. The molecule has 0 aromatic heterocycles. The van der Waals surface area contributed by atoms with Crippen molar-refractivity contribution in [1.29, 1.82) is 0 Å². The second-order valence-electron chi connectivity index (χ2n) is 3.71. The van der Waals surface area contributed by atoms with E-state index in [0.29, 0.717) is 19.5 Å². The van der Waals surface area contributed by atoms with E-state index in [1.807, 2.05) is 0 Å². The molecule has 0 aromatic carbocycles. The monoisotopic (exact) mass is 236 g/mol. The predicted molar refractivity (Wildman–Crippen MR) is 55.3 cm³/mol. The fourth-order valence-corrected chi connectivity index (χ4v) is 3.56. The molecule has 0 aromatic rings. The van der Waals surface area contributed by atoms with Crippen LogP contribution in [0.4, 0.5) is 0 Å². The van der Waals surface area contributed by atoms with Gasteiger partial charge in [-0.3, -0.25) is 9.69 Å². The van der Waals surface area contributed by atoms with Gasteiger partial charge in [0.25, 0.3) is 0 Å². The average Bonchev–Trinajstić information content (AvgIpc) is 2.44. The zero-order valence-electron chi connectivity index (χ0n) is 8.42. The van der Waals surface area contributed by atoms with Gasteiger partial charge in [0.1, 0.15) is 0 Å². The summed E-state index contributed by atoms with van der Waals surface area (Å²) in [5, 5.41) is 8.67. The van der Waals surface area contributed by atoms with Crippen LogP contribution in [0.15, 0.2) is 0 Å². The molecule has 0 spiro atoms. The van der Waals surface area contributed by atoms with Crippen molar-refractivity contribution in [2.24, 2.45) is 5.73 Å². The Morgan fingerprint density at radius 2 is 2.20 bits per heavy atom. The number of rotatable bonds is 5. The largest absolute Gasteiger partial charge is 0.480 e. The molecule has 0 saturated carbocycles. The minimum Gasteiger partial charge on any atom is -0.480 e. The molecule has 0 bridgehead atoms. The Bertz CT molecular complexity index is 328. The van der Waals surface area contributed by atoms with Gasteiger partial charge in [-0.1, -0.05) is 0 Å². The van der Waals surface area contributed by atoms with Crippen LogP contribution in [0.1, 0.15) is 6.42 Å². The summed E-state index contributed by atoms with van der Waals surface area (Å²) in [5.74, 6) is -0.744. The first-order valence-electron chi connectivity index (χ1n) is 4.81. The molecule has 1 aliphatic rings. The summed E-state index contributed by atoms with van der Waals surface area (Å²) in [6.45, 7) is 0.619. The molecule has 1 fully saturated rings. The molecule has 0 aliphatic carbocycles. The molecule has 1 saturated heterocycles. The third kappa shape index (κ3) is 3.77. The molecular formula is C8H16N2O4S. The second-order valence-corrected chi connectivity index (χ2v) is 5.94. The summed E-state index contributed by atoms with van der Waals surface area (Å²) in [6.07, 6.45) is 0.510. The first-order chi connectivity index (χ1) is 6.94. The van der Waals surface area contributed by atoms with Gasteiger partial charge in [0.2, 0.25) is 0 Å². The topological polar surface area (TPSA) is 101 Å². The van der Waals surface area contributed by atoms with Crippen molar-refractivity contribution in [2.75, 3.05) is 31.1 Å². The molecule has 1 unspecified atom stereocenters. The van der Waals surface area contributed by atoms with Gasteiger partial charge in [0, 0.05) is 19.1 Å². The van der Waals surface area contributed by atoms with Crippen LogP contribution in [0.2, 0.25) is 0 Å². The highest BCUT2D eigenvalue weighted by atomic mass is 32.2. The van der Waals surface area contributed by atoms with Crippen LogP contribution in [-0.2, 0) is 14.6 Å². The smallest absolute Gasteiger partial charge is 0.317 e. The summed E-state index contributed by atoms with van der Waals surface area (Å²) < 4.78 is 22.5. The Morgan fingerprint density at radius 1 is 1.53 bits per heavy atom. The van der Waals surface area contributed by atoms with Crippen LogP contribution < -0.4 is 5.73 Å². The Morgan fingerprint density at radius 3 is 2.60 bits per heavy atom. The lowest BCUT2D eigenvalue weighted by Crippen LogP contribution is -2.42. The molecule has 1 aliphatic heterocycles. The highest BCUT2D eigenvalue weighted by Gasteiger charge is 2.32. The van der Waals surface area contributed by atoms with E-state index in [4.69, 9.17) is 10.8 Å². The van der Waals surface area contributed by atoms with Crippen LogP contribution in [0.5, 0.6) is 0 Å². The van der Waals surface area contributed by atoms with E-state index < -0.39 is 15.8 Å². The van der Waals surface area contributed by atoms with E-state index in [9.17, 15) is 13.2 Å². The van der Waals surface area contributed by atoms with E-state index in [-0.39, 0.29) is 24.1 Å². The third-order valence-electron chi connectivity index (χ3n) is 2.48.